The van der Waals surface area contributed by atoms with E-state index in [4.69, 9.17) is 14.8 Å². The Bertz CT molecular complexity index is 922. The van der Waals surface area contributed by atoms with Gasteiger partial charge in [0, 0.05) is 52.1 Å². The number of anilines is 1. The van der Waals surface area contributed by atoms with E-state index in [9.17, 15) is 21.9 Å². The van der Waals surface area contributed by atoms with Crippen LogP contribution < -0.4 is 5.73 Å². The Hall–Kier alpha value is -0.880. The number of nitrogens with two attached hydrogens (primary N) is 1. The van der Waals surface area contributed by atoms with Gasteiger partial charge < -0.3 is 10.8 Å². The minimum Gasteiger partial charge on any atom is -0.508 e. The molecule has 2 aromatic rings. The number of phenols is 1. The van der Waals surface area contributed by atoms with Gasteiger partial charge in [-0.15, -0.1) is 0 Å². The van der Waals surface area contributed by atoms with Crippen LogP contribution in [0.4, 0.5) is 5.69 Å². The minimum atomic E-state index is -4.75. The Kier molecular flexibility index (Phi) is 4.95. The van der Waals surface area contributed by atoms with Gasteiger partial charge in [-0.05, 0) is 18.2 Å². The molecule has 2 rings (SSSR count). The molecule has 0 bridgehead atoms. The van der Waals surface area contributed by atoms with Crippen molar-refractivity contribution in [1.82, 2.24) is 0 Å². The first-order valence-corrected chi connectivity index (χ1v) is 7.90. The summed E-state index contributed by atoms with van der Waals surface area (Å²) in [6, 6.07) is 3.67. The number of nitrogen functional groups attached to an aromatic ring is 1. The summed E-state index contributed by atoms with van der Waals surface area (Å²) >= 11 is 0. The van der Waals surface area contributed by atoms with Crippen LogP contribution >= 0.6 is 0 Å². The summed E-state index contributed by atoms with van der Waals surface area (Å²) < 4.78 is 63.3. The maximum Gasteiger partial charge on any atom is 0.295 e. The summed E-state index contributed by atoms with van der Waals surface area (Å²) in [4.78, 5) is -1.39. The number of aromatic hydroxyl groups is 1. The van der Waals surface area contributed by atoms with Gasteiger partial charge in [-0.3, -0.25) is 9.11 Å². The van der Waals surface area contributed by atoms with Crippen LogP contribution in [0.1, 0.15) is 0 Å². The molecule has 109 valence electrons. The van der Waals surface area contributed by atoms with Crippen molar-refractivity contribution in [2.45, 2.75) is 9.79 Å². The molecule has 5 N–H and O–H groups in total. The normalized spacial score (nSPS) is 12.1. The minimum absolute atomic E-state index is 0. The summed E-state index contributed by atoms with van der Waals surface area (Å²) in [5.41, 5.74) is 5.44. The van der Waals surface area contributed by atoms with Crippen molar-refractivity contribution in [3.63, 3.8) is 0 Å². The molecule has 0 atom stereocenters. The van der Waals surface area contributed by atoms with Crippen molar-refractivity contribution < 1.29 is 31.0 Å². The van der Waals surface area contributed by atoms with Crippen LogP contribution in [0.5, 0.6) is 5.75 Å². The molecule has 0 aliphatic heterocycles. The summed E-state index contributed by atoms with van der Waals surface area (Å²) in [5.74, 6) is -0.611. The molecular formula is C10H9NNaO7S2. The number of fused-ring (bicyclic) bond motifs is 1. The fourth-order valence-corrected chi connectivity index (χ4v) is 3.29. The zero-order chi connectivity index (χ0) is 15.3. The molecule has 0 saturated carbocycles. The van der Waals surface area contributed by atoms with Crippen molar-refractivity contribution in [3.8, 4) is 5.75 Å². The van der Waals surface area contributed by atoms with Crippen molar-refractivity contribution in [3.05, 3.63) is 24.3 Å². The Labute approximate surface area is 142 Å². The van der Waals surface area contributed by atoms with Crippen molar-refractivity contribution in [2.75, 3.05) is 5.73 Å². The molecule has 1 radical (unpaired) electrons. The van der Waals surface area contributed by atoms with E-state index in [1.54, 1.807) is 0 Å². The standard InChI is InChI=1S/C10H9NO7S2.Na/c11-7-1-2-8(19(13,14)15)6-3-5(12)4-9(10(6)7)20(16,17)18;/h1-4,12H,11H2,(H,13,14,15)(H,16,17,18);. The predicted molar refractivity (Wildman–Crippen MR) is 75.4 cm³/mol. The van der Waals surface area contributed by atoms with Gasteiger partial charge in [0.05, 0.1) is 0 Å². The van der Waals surface area contributed by atoms with Crippen LogP contribution in [0.15, 0.2) is 34.1 Å². The Morgan fingerprint density at radius 3 is 1.90 bits per heavy atom. The van der Waals surface area contributed by atoms with E-state index in [0.29, 0.717) is 0 Å². The third-order valence-electron chi connectivity index (χ3n) is 2.61. The third-order valence-corrected chi connectivity index (χ3v) is 4.40. The molecule has 0 fully saturated rings. The number of benzene rings is 2. The first-order chi connectivity index (χ1) is 9.01. The molecule has 0 saturated heterocycles. The fourth-order valence-electron chi connectivity index (χ4n) is 1.86. The van der Waals surface area contributed by atoms with Crippen LogP contribution in [0, 0.1) is 0 Å². The summed E-state index contributed by atoms with van der Waals surface area (Å²) in [7, 11) is -9.42. The van der Waals surface area contributed by atoms with Crippen molar-refractivity contribution in [1.29, 1.82) is 0 Å². The molecule has 0 aliphatic carbocycles. The molecule has 0 heterocycles. The molecule has 0 spiro atoms. The largest absolute Gasteiger partial charge is 0.508 e. The van der Waals surface area contributed by atoms with Gasteiger partial charge in [-0.2, -0.15) is 16.8 Å². The maximum atomic E-state index is 11.3. The number of phenolic OH excluding ortho intramolecular Hbond substituents is 1. The molecule has 0 aliphatic rings. The van der Waals surface area contributed by atoms with Gasteiger partial charge in [0.25, 0.3) is 20.2 Å². The van der Waals surface area contributed by atoms with Crippen molar-refractivity contribution >= 4 is 66.3 Å². The maximum absolute atomic E-state index is 11.3. The van der Waals surface area contributed by atoms with Gasteiger partial charge in [-0.25, -0.2) is 0 Å². The fraction of sp³-hybridized carbons (Fsp3) is 0. The molecule has 0 unspecified atom stereocenters. The van der Waals surface area contributed by atoms with Crippen LogP contribution in [0.3, 0.4) is 0 Å². The van der Waals surface area contributed by atoms with E-state index in [0.717, 1.165) is 24.3 Å². The first-order valence-electron chi connectivity index (χ1n) is 5.02. The van der Waals surface area contributed by atoms with Gasteiger partial charge in [-0.1, -0.05) is 0 Å². The average Bonchev–Trinajstić information content (AvgIpc) is 2.24. The van der Waals surface area contributed by atoms with Gasteiger partial charge in [0.2, 0.25) is 0 Å². The Morgan fingerprint density at radius 1 is 0.905 bits per heavy atom. The quantitative estimate of drug-likeness (QED) is 0.344. The molecule has 21 heavy (non-hydrogen) atoms. The molecule has 0 amide bonds. The van der Waals surface area contributed by atoms with E-state index in [1.165, 1.54) is 0 Å². The summed E-state index contributed by atoms with van der Waals surface area (Å²) in [6.07, 6.45) is 0. The predicted octanol–water partition coefficient (Wildman–Crippen LogP) is 0.240. The average molecular weight is 342 g/mol. The smallest absolute Gasteiger partial charge is 0.295 e. The van der Waals surface area contributed by atoms with Crippen LogP contribution in [0.2, 0.25) is 0 Å². The van der Waals surface area contributed by atoms with E-state index in [2.05, 4.69) is 0 Å². The molecule has 8 nitrogen and oxygen atoms in total. The second kappa shape index (κ2) is 5.72. The van der Waals surface area contributed by atoms with E-state index >= 15 is 0 Å². The molecule has 0 aromatic heterocycles. The van der Waals surface area contributed by atoms with E-state index < -0.39 is 35.8 Å². The molecular weight excluding hydrogens is 333 g/mol. The van der Waals surface area contributed by atoms with E-state index in [1.807, 2.05) is 0 Å². The van der Waals surface area contributed by atoms with Crippen LogP contribution in [-0.4, -0.2) is 60.6 Å². The third kappa shape index (κ3) is 3.48. The van der Waals surface area contributed by atoms with E-state index in [-0.39, 0.29) is 46.0 Å². The monoisotopic (exact) mass is 342 g/mol. The number of hydrogen-bond donors (Lipinski definition) is 4. The zero-order valence-corrected chi connectivity index (χ0v) is 14.3. The second-order valence-electron chi connectivity index (χ2n) is 3.97. The number of rotatable bonds is 2. The second-order valence-corrected chi connectivity index (χ2v) is 6.75. The summed E-state index contributed by atoms with van der Waals surface area (Å²) in [6.45, 7) is 0. The zero-order valence-electron chi connectivity index (χ0n) is 10.7. The van der Waals surface area contributed by atoms with Crippen LogP contribution in [0.25, 0.3) is 10.8 Å². The summed E-state index contributed by atoms with van der Waals surface area (Å²) in [5, 5.41) is 8.84. The number of hydrogen-bond acceptors (Lipinski definition) is 6. The van der Waals surface area contributed by atoms with Gasteiger partial charge >= 0.3 is 0 Å². The topological polar surface area (TPSA) is 155 Å². The van der Waals surface area contributed by atoms with Crippen LogP contribution in [-0.2, 0) is 20.2 Å². The Balaban J connectivity index is 0.00000220. The molecule has 11 heteroatoms. The molecule has 2 aromatic carbocycles. The van der Waals surface area contributed by atoms with Crippen molar-refractivity contribution in [2.24, 2.45) is 0 Å². The SMILES string of the molecule is Nc1ccc(S(=O)(=O)O)c2cc(O)cc(S(=O)(=O)O)c12.[Na]. The first kappa shape index (κ1) is 18.2. The van der Waals surface area contributed by atoms with Gasteiger partial charge in [0.1, 0.15) is 15.5 Å². The Morgan fingerprint density at radius 2 is 1.43 bits per heavy atom. The van der Waals surface area contributed by atoms with Gasteiger partial charge in [0.15, 0.2) is 0 Å².